The fourth-order valence-electron chi connectivity index (χ4n) is 2.17. The van der Waals surface area contributed by atoms with E-state index in [0.717, 1.165) is 4.96 Å². The number of hydrogen-bond donors (Lipinski definition) is 1. The lowest BCUT2D eigenvalue weighted by atomic mass is 9.94. The van der Waals surface area contributed by atoms with Crippen molar-refractivity contribution in [2.45, 2.75) is 12.3 Å². The van der Waals surface area contributed by atoms with E-state index in [0.29, 0.717) is 5.69 Å². The predicted molar refractivity (Wildman–Crippen MR) is 73.5 cm³/mol. The molecule has 0 spiro atoms. The van der Waals surface area contributed by atoms with Crippen LogP contribution in [0.4, 0.5) is 4.39 Å². The van der Waals surface area contributed by atoms with Crippen LogP contribution in [0.2, 0.25) is 0 Å². The molecule has 2 aromatic heterocycles. The first-order valence-electron chi connectivity index (χ1n) is 6.03. The first kappa shape index (κ1) is 12.8. The summed E-state index contributed by atoms with van der Waals surface area (Å²) in [5, 5.41) is 11.2. The highest BCUT2D eigenvalue weighted by Crippen LogP contribution is 2.24. The van der Waals surface area contributed by atoms with Gasteiger partial charge in [-0.1, -0.05) is 18.2 Å². The molecule has 102 valence electrons. The van der Waals surface area contributed by atoms with Crippen molar-refractivity contribution >= 4 is 22.3 Å². The zero-order valence-corrected chi connectivity index (χ0v) is 11.2. The topological polar surface area (TPSA) is 54.6 Å². The van der Waals surface area contributed by atoms with E-state index in [4.69, 9.17) is 0 Å². The van der Waals surface area contributed by atoms with E-state index in [1.807, 2.05) is 16.0 Å². The second kappa shape index (κ2) is 5.05. The lowest BCUT2D eigenvalue weighted by Crippen LogP contribution is -2.16. The number of carboxylic acid groups (broad SMARTS) is 1. The van der Waals surface area contributed by atoms with Crippen LogP contribution in [0.5, 0.6) is 0 Å². The van der Waals surface area contributed by atoms with E-state index in [1.54, 1.807) is 18.3 Å². The molecule has 2 heterocycles. The average Bonchev–Trinajstić information content (AvgIpc) is 2.97. The van der Waals surface area contributed by atoms with Crippen LogP contribution in [-0.4, -0.2) is 20.5 Å². The largest absolute Gasteiger partial charge is 0.481 e. The molecule has 0 fully saturated rings. The summed E-state index contributed by atoms with van der Waals surface area (Å²) in [4.78, 5) is 16.6. The zero-order chi connectivity index (χ0) is 14.1. The Labute approximate surface area is 118 Å². The van der Waals surface area contributed by atoms with E-state index in [1.165, 1.54) is 23.5 Å². The van der Waals surface area contributed by atoms with Gasteiger partial charge in [0.1, 0.15) is 5.82 Å². The SMILES string of the molecule is O=C(O)C(Cc1cn2ccsc2n1)c1ccccc1F. The van der Waals surface area contributed by atoms with Crippen LogP contribution in [0.3, 0.4) is 0 Å². The Hall–Kier alpha value is -2.21. The highest BCUT2D eigenvalue weighted by atomic mass is 32.1. The maximum atomic E-state index is 13.8. The second-order valence-electron chi connectivity index (χ2n) is 4.44. The lowest BCUT2D eigenvalue weighted by molar-refractivity contribution is -0.138. The van der Waals surface area contributed by atoms with Crippen molar-refractivity contribution in [2.24, 2.45) is 0 Å². The van der Waals surface area contributed by atoms with E-state index < -0.39 is 17.7 Å². The number of halogens is 1. The summed E-state index contributed by atoms with van der Waals surface area (Å²) in [6, 6.07) is 5.97. The van der Waals surface area contributed by atoms with Gasteiger partial charge >= 0.3 is 5.97 Å². The minimum Gasteiger partial charge on any atom is -0.481 e. The van der Waals surface area contributed by atoms with Crippen molar-refractivity contribution in [1.82, 2.24) is 9.38 Å². The molecule has 1 atom stereocenters. The number of thiazole rings is 1. The molecule has 1 unspecified atom stereocenters. The number of hydrogen-bond acceptors (Lipinski definition) is 3. The molecule has 0 radical (unpaired) electrons. The molecule has 0 aliphatic carbocycles. The quantitative estimate of drug-likeness (QED) is 0.803. The van der Waals surface area contributed by atoms with Gasteiger partial charge in [0.2, 0.25) is 0 Å². The monoisotopic (exact) mass is 290 g/mol. The summed E-state index contributed by atoms with van der Waals surface area (Å²) in [6.45, 7) is 0. The number of aromatic nitrogens is 2. The summed E-state index contributed by atoms with van der Waals surface area (Å²) in [5.41, 5.74) is 0.837. The zero-order valence-electron chi connectivity index (χ0n) is 10.4. The summed E-state index contributed by atoms with van der Waals surface area (Å²) in [6.07, 6.45) is 3.81. The van der Waals surface area contributed by atoms with E-state index in [2.05, 4.69) is 4.98 Å². The summed E-state index contributed by atoms with van der Waals surface area (Å²) in [7, 11) is 0. The van der Waals surface area contributed by atoms with Crippen LogP contribution in [0.15, 0.2) is 42.0 Å². The van der Waals surface area contributed by atoms with Gasteiger partial charge in [-0.2, -0.15) is 0 Å². The van der Waals surface area contributed by atoms with Gasteiger partial charge in [0, 0.05) is 29.8 Å². The molecule has 0 saturated carbocycles. The van der Waals surface area contributed by atoms with Gasteiger partial charge in [0.25, 0.3) is 0 Å². The van der Waals surface area contributed by atoms with Gasteiger partial charge in [0.15, 0.2) is 4.96 Å². The number of rotatable bonds is 4. The number of aliphatic carboxylic acids is 1. The third-order valence-electron chi connectivity index (χ3n) is 3.14. The minimum absolute atomic E-state index is 0.171. The molecule has 4 nitrogen and oxygen atoms in total. The van der Waals surface area contributed by atoms with E-state index in [9.17, 15) is 14.3 Å². The van der Waals surface area contributed by atoms with Gasteiger partial charge in [-0.25, -0.2) is 9.37 Å². The Morgan fingerprint density at radius 2 is 2.25 bits per heavy atom. The lowest BCUT2D eigenvalue weighted by Gasteiger charge is -2.12. The highest BCUT2D eigenvalue weighted by molar-refractivity contribution is 7.15. The normalized spacial score (nSPS) is 12.7. The molecule has 1 N–H and O–H groups in total. The molecule has 3 aromatic rings. The summed E-state index contributed by atoms with van der Waals surface area (Å²) >= 11 is 1.47. The molecule has 0 amide bonds. The van der Waals surface area contributed by atoms with Gasteiger partial charge in [-0.3, -0.25) is 9.20 Å². The Balaban J connectivity index is 1.94. The third kappa shape index (κ3) is 2.30. The molecular weight excluding hydrogens is 279 g/mol. The van der Waals surface area contributed by atoms with Crippen LogP contribution >= 0.6 is 11.3 Å². The third-order valence-corrected chi connectivity index (χ3v) is 3.91. The maximum Gasteiger partial charge on any atom is 0.311 e. The number of fused-ring (bicyclic) bond motifs is 1. The molecule has 6 heteroatoms. The van der Waals surface area contributed by atoms with Gasteiger partial charge < -0.3 is 5.11 Å². The van der Waals surface area contributed by atoms with Crippen LogP contribution in [-0.2, 0) is 11.2 Å². The summed E-state index contributed by atoms with van der Waals surface area (Å²) in [5.74, 6) is -2.48. The van der Waals surface area contributed by atoms with Crippen LogP contribution in [0.1, 0.15) is 17.2 Å². The van der Waals surface area contributed by atoms with Gasteiger partial charge in [-0.15, -0.1) is 11.3 Å². The molecule has 0 bridgehead atoms. The highest BCUT2D eigenvalue weighted by Gasteiger charge is 2.24. The Bertz CT molecular complexity index is 737. The van der Waals surface area contributed by atoms with E-state index in [-0.39, 0.29) is 12.0 Å². The van der Waals surface area contributed by atoms with Crippen molar-refractivity contribution < 1.29 is 14.3 Å². The molecule has 0 aliphatic rings. The first-order valence-corrected chi connectivity index (χ1v) is 6.91. The maximum absolute atomic E-state index is 13.8. The number of benzene rings is 1. The Kier molecular flexibility index (Phi) is 3.23. The summed E-state index contributed by atoms with van der Waals surface area (Å²) < 4.78 is 15.6. The van der Waals surface area contributed by atoms with Gasteiger partial charge in [-0.05, 0) is 6.07 Å². The molecule has 20 heavy (non-hydrogen) atoms. The smallest absolute Gasteiger partial charge is 0.311 e. The Morgan fingerprint density at radius 1 is 1.45 bits per heavy atom. The fraction of sp³-hybridized carbons (Fsp3) is 0.143. The van der Waals surface area contributed by atoms with Crippen LogP contribution in [0, 0.1) is 5.82 Å². The average molecular weight is 290 g/mol. The van der Waals surface area contributed by atoms with Crippen molar-refractivity contribution in [3.63, 3.8) is 0 Å². The van der Waals surface area contributed by atoms with Crippen LogP contribution < -0.4 is 0 Å². The van der Waals surface area contributed by atoms with Crippen molar-refractivity contribution in [1.29, 1.82) is 0 Å². The van der Waals surface area contributed by atoms with Crippen molar-refractivity contribution in [3.8, 4) is 0 Å². The molecule has 0 aliphatic heterocycles. The molecule has 1 aromatic carbocycles. The predicted octanol–water partition coefficient (Wildman–Crippen LogP) is 2.95. The van der Waals surface area contributed by atoms with E-state index >= 15 is 0 Å². The first-order chi connectivity index (χ1) is 9.65. The number of nitrogens with zero attached hydrogens (tertiary/aromatic N) is 2. The number of carboxylic acids is 1. The standard InChI is InChI=1S/C14H11FN2O2S/c15-12-4-2-1-3-10(12)11(13(18)19)7-9-8-17-5-6-20-14(17)16-9/h1-6,8,11H,7H2,(H,18,19). The van der Waals surface area contributed by atoms with Gasteiger partial charge in [0.05, 0.1) is 11.6 Å². The molecular formula is C14H11FN2O2S. The number of carbonyl (C=O) groups is 1. The Morgan fingerprint density at radius 3 is 2.95 bits per heavy atom. The molecule has 3 rings (SSSR count). The second-order valence-corrected chi connectivity index (χ2v) is 5.31. The fourth-order valence-corrected chi connectivity index (χ4v) is 2.89. The van der Waals surface area contributed by atoms with Crippen molar-refractivity contribution in [3.05, 3.63) is 59.1 Å². The van der Waals surface area contributed by atoms with Crippen molar-refractivity contribution in [2.75, 3.05) is 0 Å². The molecule has 0 saturated heterocycles. The number of imidazole rings is 1. The minimum atomic E-state index is -1.05. The van der Waals surface area contributed by atoms with Crippen LogP contribution in [0.25, 0.3) is 4.96 Å².